The van der Waals surface area contributed by atoms with Crippen LogP contribution in [0.4, 0.5) is 4.39 Å². The van der Waals surface area contributed by atoms with Gasteiger partial charge in [-0.2, -0.15) is 0 Å². The van der Waals surface area contributed by atoms with Gasteiger partial charge in [-0.3, -0.25) is 4.98 Å². The Hall–Kier alpha value is -1.74. The SMILES string of the molecule is CS(=O)(=O)N[C@H]1CCOC[C@@H]1COc1ccc(-c2ncc(Cl)cc2F)cc1. The molecule has 0 spiro atoms. The minimum atomic E-state index is -3.30. The van der Waals surface area contributed by atoms with E-state index in [9.17, 15) is 12.8 Å². The number of benzene rings is 1. The molecule has 0 bridgehead atoms. The Morgan fingerprint density at radius 2 is 2.11 bits per heavy atom. The summed E-state index contributed by atoms with van der Waals surface area (Å²) in [5.41, 5.74) is 0.818. The van der Waals surface area contributed by atoms with Crippen LogP contribution in [0, 0.1) is 11.7 Å². The average Bonchev–Trinajstić information content (AvgIpc) is 2.60. The van der Waals surface area contributed by atoms with Crippen molar-refractivity contribution in [1.82, 2.24) is 9.71 Å². The van der Waals surface area contributed by atoms with Crippen LogP contribution in [0.15, 0.2) is 36.5 Å². The first-order chi connectivity index (χ1) is 12.8. The number of rotatable bonds is 6. The highest BCUT2D eigenvalue weighted by molar-refractivity contribution is 7.88. The molecule has 1 aliphatic heterocycles. The minimum Gasteiger partial charge on any atom is -0.493 e. The lowest BCUT2D eigenvalue weighted by Crippen LogP contribution is -2.47. The van der Waals surface area contributed by atoms with E-state index in [-0.39, 0.29) is 22.7 Å². The highest BCUT2D eigenvalue weighted by Gasteiger charge is 2.28. The standard InChI is InChI=1S/C18H20ClFN2O4S/c1-27(23,24)22-17-6-7-25-10-13(17)11-26-15-4-2-12(3-5-15)18-16(20)8-14(19)9-21-18/h2-5,8-9,13,17,22H,6-7,10-11H2,1H3/t13-,17+/m1/s1. The molecule has 1 saturated heterocycles. The van der Waals surface area contributed by atoms with Crippen LogP contribution in [0.25, 0.3) is 11.3 Å². The largest absolute Gasteiger partial charge is 0.493 e. The second kappa shape index (κ2) is 8.52. The molecule has 0 unspecified atom stereocenters. The summed E-state index contributed by atoms with van der Waals surface area (Å²) in [4.78, 5) is 4.01. The zero-order chi connectivity index (χ0) is 19.4. The fourth-order valence-corrected chi connectivity index (χ4v) is 3.94. The third kappa shape index (κ3) is 5.62. The van der Waals surface area contributed by atoms with Crippen molar-refractivity contribution in [2.45, 2.75) is 12.5 Å². The molecule has 0 amide bonds. The van der Waals surface area contributed by atoms with Crippen molar-refractivity contribution in [2.75, 3.05) is 26.1 Å². The van der Waals surface area contributed by atoms with E-state index in [1.807, 2.05) is 0 Å². The summed E-state index contributed by atoms with van der Waals surface area (Å²) in [6.07, 6.45) is 3.13. The Morgan fingerprint density at radius 1 is 1.37 bits per heavy atom. The Morgan fingerprint density at radius 3 is 2.78 bits per heavy atom. The van der Waals surface area contributed by atoms with Crippen LogP contribution < -0.4 is 9.46 Å². The summed E-state index contributed by atoms with van der Waals surface area (Å²) >= 11 is 5.72. The third-order valence-corrected chi connectivity index (χ3v) is 5.18. The lowest BCUT2D eigenvalue weighted by Gasteiger charge is -2.31. The lowest BCUT2D eigenvalue weighted by molar-refractivity contribution is 0.0187. The fourth-order valence-electron chi connectivity index (χ4n) is 2.93. The van der Waals surface area contributed by atoms with Crippen LogP contribution in [0.3, 0.4) is 0 Å². The summed E-state index contributed by atoms with van der Waals surface area (Å²) in [5, 5.41) is 0.239. The molecule has 1 fully saturated rings. The van der Waals surface area contributed by atoms with E-state index >= 15 is 0 Å². The molecule has 2 aromatic rings. The molecule has 146 valence electrons. The van der Waals surface area contributed by atoms with Gasteiger partial charge in [0.05, 0.1) is 24.5 Å². The first-order valence-electron chi connectivity index (χ1n) is 8.41. The second-order valence-corrected chi connectivity index (χ2v) is 8.66. The number of hydrogen-bond acceptors (Lipinski definition) is 5. The van der Waals surface area contributed by atoms with Gasteiger partial charge >= 0.3 is 0 Å². The van der Waals surface area contributed by atoms with Gasteiger partial charge in [0.25, 0.3) is 0 Å². The number of nitrogens with zero attached hydrogens (tertiary/aromatic N) is 1. The van der Waals surface area contributed by atoms with Crippen molar-refractivity contribution in [1.29, 1.82) is 0 Å². The molecule has 3 rings (SSSR count). The van der Waals surface area contributed by atoms with Gasteiger partial charge in [0.15, 0.2) is 5.82 Å². The Balaban J connectivity index is 1.64. The number of pyridine rings is 1. The van der Waals surface area contributed by atoms with Gasteiger partial charge in [-0.15, -0.1) is 0 Å². The molecular weight excluding hydrogens is 395 g/mol. The molecule has 6 nitrogen and oxygen atoms in total. The number of sulfonamides is 1. The van der Waals surface area contributed by atoms with Gasteiger partial charge < -0.3 is 9.47 Å². The smallest absolute Gasteiger partial charge is 0.208 e. The van der Waals surface area contributed by atoms with E-state index in [0.29, 0.717) is 37.6 Å². The van der Waals surface area contributed by atoms with Crippen molar-refractivity contribution in [2.24, 2.45) is 5.92 Å². The molecule has 1 N–H and O–H groups in total. The number of aromatic nitrogens is 1. The van der Waals surface area contributed by atoms with Gasteiger partial charge in [-0.05, 0) is 36.8 Å². The molecule has 0 saturated carbocycles. The molecule has 1 aromatic heterocycles. The first-order valence-corrected chi connectivity index (χ1v) is 10.7. The van der Waals surface area contributed by atoms with Crippen LogP contribution in [0.2, 0.25) is 5.02 Å². The van der Waals surface area contributed by atoms with Crippen molar-refractivity contribution in [3.8, 4) is 17.0 Å². The lowest BCUT2D eigenvalue weighted by atomic mass is 9.98. The van der Waals surface area contributed by atoms with Gasteiger partial charge in [-0.25, -0.2) is 17.5 Å². The molecule has 2 atom stereocenters. The predicted molar refractivity (Wildman–Crippen MR) is 101 cm³/mol. The number of ether oxygens (including phenoxy) is 2. The van der Waals surface area contributed by atoms with Gasteiger partial charge in [-0.1, -0.05) is 11.6 Å². The van der Waals surface area contributed by atoms with Crippen LogP contribution in [-0.2, 0) is 14.8 Å². The van der Waals surface area contributed by atoms with Crippen molar-refractivity contribution >= 4 is 21.6 Å². The molecule has 0 radical (unpaired) electrons. The van der Waals surface area contributed by atoms with E-state index < -0.39 is 15.8 Å². The minimum absolute atomic E-state index is 0.0940. The van der Waals surface area contributed by atoms with E-state index in [2.05, 4.69) is 9.71 Å². The molecule has 27 heavy (non-hydrogen) atoms. The van der Waals surface area contributed by atoms with Crippen LogP contribution >= 0.6 is 11.6 Å². The summed E-state index contributed by atoms with van der Waals surface area (Å²) in [6.45, 7) is 1.24. The van der Waals surface area contributed by atoms with Crippen molar-refractivity contribution < 1.29 is 22.3 Å². The summed E-state index contributed by atoms with van der Waals surface area (Å²) in [7, 11) is -3.30. The molecule has 1 aliphatic rings. The number of halogens is 2. The first kappa shape index (κ1) is 20.0. The van der Waals surface area contributed by atoms with Gasteiger partial charge in [0.1, 0.15) is 11.4 Å². The Labute approximate surface area is 162 Å². The molecular formula is C18H20ClFN2O4S. The summed E-state index contributed by atoms with van der Waals surface area (Å²) < 4.78 is 50.8. The van der Waals surface area contributed by atoms with E-state index in [0.717, 1.165) is 6.26 Å². The summed E-state index contributed by atoms with van der Waals surface area (Å²) in [5.74, 6) is 0.00513. The fraction of sp³-hybridized carbons (Fsp3) is 0.389. The third-order valence-electron chi connectivity index (χ3n) is 4.24. The predicted octanol–water partition coefficient (Wildman–Crippen LogP) is 2.87. The average molecular weight is 415 g/mol. The second-order valence-electron chi connectivity index (χ2n) is 6.44. The Kier molecular flexibility index (Phi) is 6.31. The van der Waals surface area contributed by atoms with E-state index in [1.165, 1.54) is 12.3 Å². The quantitative estimate of drug-likeness (QED) is 0.786. The molecule has 1 aromatic carbocycles. The van der Waals surface area contributed by atoms with E-state index in [1.54, 1.807) is 24.3 Å². The maximum absolute atomic E-state index is 14.0. The molecule has 0 aliphatic carbocycles. The van der Waals surface area contributed by atoms with Gasteiger partial charge in [0, 0.05) is 30.3 Å². The summed E-state index contributed by atoms with van der Waals surface area (Å²) in [6, 6.07) is 7.84. The zero-order valence-corrected chi connectivity index (χ0v) is 16.3. The topological polar surface area (TPSA) is 77.5 Å². The maximum atomic E-state index is 14.0. The normalized spacial score (nSPS) is 20.4. The maximum Gasteiger partial charge on any atom is 0.208 e. The van der Waals surface area contributed by atoms with E-state index in [4.69, 9.17) is 21.1 Å². The zero-order valence-electron chi connectivity index (χ0n) is 14.7. The highest BCUT2D eigenvalue weighted by atomic mass is 35.5. The number of nitrogens with one attached hydrogen (secondary N) is 1. The van der Waals surface area contributed by atoms with Crippen LogP contribution in [0.5, 0.6) is 5.75 Å². The highest BCUT2D eigenvalue weighted by Crippen LogP contribution is 2.25. The Bertz CT molecular complexity index is 893. The van der Waals surface area contributed by atoms with Crippen molar-refractivity contribution in [3.05, 3.63) is 47.4 Å². The monoisotopic (exact) mass is 414 g/mol. The van der Waals surface area contributed by atoms with Gasteiger partial charge in [0.2, 0.25) is 10.0 Å². The van der Waals surface area contributed by atoms with Crippen LogP contribution in [0.1, 0.15) is 6.42 Å². The van der Waals surface area contributed by atoms with Crippen molar-refractivity contribution in [3.63, 3.8) is 0 Å². The number of hydrogen-bond donors (Lipinski definition) is 1. The molecule has 9 heteroatoms. The molecule has 2 heterocycles. The van der Waals surface area contributed by atoms with Crippen LogP contribution in [-0.4, -0.2) is 45.5 Å².